The Labute approximate surface area is 116 Å². The Hall–Kier alpha value is -1.88. The molecule has 0 unspecified atom stereocenters. The number of hydrogen-bond donors (Lipinski definition) is 1. The largest absolute Gasteiger partial charge is 0.399 e. The second-order valence-corrected chi connectivity index (χ2v) is 5.53. The van der Waals surface area contributed by atoms with E-state index in [1.54, 1.807) is 11.1 Å². The van der Waals surface area contributed by atoms with Crippen LogP contribution in [0.1, 0.15) is 28.0 Å². The molecule has 0 aliphatic rings. The zero-order chi connectivity index (χ0) is 13.8. The highest BCUT2D eigenvalue weighted by Gasteiger charge is 2.19. The fraction of sp³-hybridized carbons (Fsp3) is 0.286. The first kappa shape index (κ1) is 13.5. The maximum atomic E-state index is 12.5. The van der Waals surface area contributed by atoms with Crippen molar-refractivity contribution in [1.29, 1.82) is 0 Å². The molecule has 0 atom stereocenters. The molecule has 100 valence electrons. The molecule has 0 aliphatic carbocycles. The molecule has 19 heavy (non-hydrogen) atoms. The summed E-state index contributed by atoms with van der Waals surface area (Å²) in [5, 5.41) is 0.896. The third-order valence-corrected chi connectivity index (χ3v) is 3.61. The lowest BCUT2D eigenvalue weighted by Crippen LogP contribution is -2.31. The highest BCUT2D eigenvalue weighted by molar-refractivity contribution is 7.13. The van der Waals surface area contributed by atoms with Gasteiger partial charge in [-0.2, -0.15) is 0 Å². The number of carbonyl (C=O) groups is 1. The first-order valence-corrected chi connectivity index (χ1v) is 7.03. The van der Waals surface area contributed by atoms with E-state index in [1.807, 2.05) is 38.1 Å². The normalized spacial score (nSPS) is 10.4. The van der Waals surface area contributed by atoms with E-state index in [0.29, 0.717) is 17.1 Å². The monoisotopic (exact) mass is 275 g/mol. The van der Waals surface area contributed by atoms with Crippen LogP contribution >= 0.6 is 11.3 Å². The average Bonchev–Trinajstić information content (AvgIpc) is 2.82. The Morgan fingerprint density at radius 3 is 2.84 bits per heavy atom. The predicted octanol–water partition coefficient (Wildman–Crippen LogP) is 3.09. The maximum absolute atomic E-state index is 12.5. The van der Waals surface area contributed by atoms with Gasteiger partial charge in [0.25, 0.3) is 5.91 Å². The molecule has 0 saturated carbocycles. The average molecular weight is 275 g/mol. The summed E-state index contributed by atoms with van der Waals surface area (Å²) in [7, 11) is 0. The molecule has 2 rings (SSSR count). The van der Waals surface area contributed by atoms with Gasteiger partial charge in [-0.3, -0.25) is 4.79 Å². The standard InChI is InChI=1S/C14H17N3OS/c1-3-7-17(12-6-4-5-11(15)8-12)14(18)13-9-16-10(2)19-13/h4-6,8-9H,3,7,15H2,1-2H3. The highest BCUT2D eigenvalue weighted by atomic mass is 32.1. The number of thiazole rings is 1. The van der Waals surface area contributed by atoms with E-state index in [1.165, 1.54) is 11.3 Å². The lowest BCUT2D eigenvalue weighted by Gasteiger charge is -2.21. The van der Waals surface area contributed by atoms with E-state index in [9.17, 15) is 4.79 Å². The van der Waals surface area contributed by atoms with Crippen molar-refractivity contribution in [2.24, 2.45) is 0 Å². The number of aromatic nitrogens is 1. The van der Waals surface area contributed by atoms with Crippen LogP contribution in [0.25, 0.3) is 0 Å². The molecule has 0 radical (unpaired) electrons. The molecule has 1 aromatic carbocycles. The van der Waals surface area contributed by atoms with Crippen LogP contribution in [-0.4, -0.2) is 17.4 Å². The predicted molar refractivity (Wildman–Crippen MR) is 79.7 cm³/mol. The lowest BCUT2D eigenvalue weighted by molar-refractivity contribution is 0.0990. The fourth-order valence-corrected chi connectivity index (χ4v) is 2.58. The number of nitrogen functional groups attached to an aromatic ring is 1. The summed E-state index contributed by atoms with van der Waals surface area (Å²) in [6, 6.07) is 7.40. The van der Waals surface area contributed by atoms with Crippen molar-refractivity contribution in [2.75, 3.05) is 17.2 Å². The summed E-state index contributed by atoms with van der Waals surface area (Å²) in [6.45, 7) is 4.61. The van der Waals surface area contributed by atoms with Crippen LogP contribution in [0.5, 0.6) is 0 Å². The van der Waals surface area contributed by atoms with Gasteiger partial charge in [-0.15, -0.1) is 11.3 Å². The SMILES string of the molecule is CCCN(C(=O)c1cnc(C)s1)c1cccc(N)c1. The Kier molecular flexibility index (Phi) is 4.16. The van der Waals surface area contributed by atoms with Gasteiger partial charge in [0.1, 0.15) is 4.88 Å². The summed E-state index contributed by atoms with van der Waals surface area (Å²) < 4.78 is 0. The van der Waals surface area contributed by atoms with Crippen molar-refractivity contribution in [3.8, 4) is 0 Å². The number of benzene rings is 1. The van der Waals surface area contributed by atoms with Gasteiger partial charge in [-0.1, -0.05) is 13.0 Å². The molecule has 0 saturated heterocycles. The Morgan fingerprint density at radius 2 is 2.26 bits per heavy atom. The number of anilines is 2. The second kappa shape index (κ2) is 5.84. The molecule has 4 nitrogen and oxygen atoms in total. The van der Waals surface area contributed by atoms with Crippen LogP contribution in [0.2, 0.25) is 0 Å². The van der Waals surface area contributed by atoms with Gasteiger partial charge in [-0.25, -0.2) is 4.98 Å². The molecule has 0 fully saturated rings. The third-order valence-electron chi connectivity index (χ3n) is 2.71. The first-order valence-electron chi connectivity index (χ1n) is 6.21. The molecule has 1 aromatic heterocycles. The molecular weight excluding hydrogens is 258 g/mol. The van der Waals surface area contributed by atoms with Crippen molar-refractivity contribution in [3.05, 3.63) is 40.3 Å². The summed E-state index contributed by atoms with van der Waals surface area (Å²) in [5.41, 5.74) is 7.28. The van der Waals surface area contributed by atoms with Crippen molar-refractivity contribution < 1.29 is 4.79 Å². The van der Waals surface area contributed by atoms with E-state index in [0.717, 1.165) is 17.1 Å². The quantitative estimate of drug-likeness (QED) is 0.872. The molecule has 0 spiro atoms. The number of amides is 1. The lowest BCUT2D eigenvalue weighted by atomic mass is 10.2. The van der Waals surface area contributed by atoms with E-state index in [-0.39, 0.29) is 5.91 Å². The minimum atomic E-state index is -0.0157. The smallest absolute Gasteiger partial charge is 0.269 e. The summed E-state index contributed by atoms with van der Waals surface area (Å²) in [5.74, 6) is -0.0157. The van der Waals surface area contributed by atoms with Crippen molar-refractivity contribution in [2.45, 2.75) is 20.3 Å². The molecule has 2 aromatic rings. The summed E-state index contributed by atoms with van der Waals surface area (Å²) in [6.07, 6.45) is 2.52. The van der Waals surface area contributed by atoms with Crippen LogP contribution in [0, 0.1) is 6.92 Å². The van der Waals surface area contributed by atoms with Crippen LogP contribution < -0.4 is 10.6 Å². The molecular formula is C14H17N3OS. The molecule has 0 aliphatic heterocycles. The maximum Gasteiger partial charge on any atom is 0.269 e. The number of nitrogens with two attached hydrogens (primary N) is 1. The van der Waals surface area contributed by atoms with Gasteiger partial charge >= 0.3 is 0 Å². The summed E-state index contributed by atoms with van der Waals surface area (Å²) >= 11 is 1.42. The third kappa shape index (κ3) is 3.12. The number of nitrogens with zero attached hydrogens (tertiary/aromatic N) is 2. The molecule has 1 heterocycles. The Morgan fingerprint density at radius 1 is 1.47 bits per heavy atom. The molecule has 1 amide bonds. The van der Waals surface area contributed by atoms with Gasteiger partial charge in [-0.05, 0) is 31.5 Å². The van der Waals surface area contributed by atoms with E-state index in [2.05, 4.69) is 4.98 Å². The van der Waals surface area contributed by atoms with Crippen LogP contribution in [-0.2, 0) is 0 Å². The van der Waals surface area contributed by atoms with Crippen molar-refractivity contribution in [1.82, 2.24) is 4.98 Å². The molecule has 2 N–H and O–H groups in total. The van der Waals surface area contributed by atoms with Crippen LogP contribution in [0.3, 0.4) is 0 Å². The first-order chi connectivity index (χ1) is 9.11. The van der Waals surface area contributed by atoms with E-state index in [4.69, 9.17) is 5.73 Å². The minimum absolute atomic E-state index is 0.0157. The van der Waals surface area contributed by atoms with Gasteiger partial charge in [0.05, 0.1) is 11.2 Å². The minimum Gasteiger partial charge on any atom is -0.399 e. The zero-order valence-electron chi connectivity index (χ0n) is 11.1. The van der Waals surface area contributed by atoms with E-state index < -0.39 is 0 Å². The number of aryl methyl sites for hydroxylation is 1. The topological polar surface area (TPSA) is 59.2 Å². The fourth-order valence-electron chi connectivity index (χ4n) is 1.86. The number of hydrogen-bond acceptors (Lipinski definition) is 4. The van der Waals surface area contributed by atoms with Crippen LogP contribution in [0.15, 0.2) is 30.5 Å². The van der Waals surface area contributed by atoms with Crippen LogP contribution in [0.4, 0.5) is 11.4 Å². The summed E-state index contributed by atoms with van der Waals surface area (Å²) in [4.78, 5) is 19.1. The Bertz CT molecular complexity index is 580. The van der Waals surface area contributed by atoms with Gasteiger partial charge in [0.2, 0.25) is 0 Å². The second-order valence-electron chi connectivity index (χ2n) is 4.30. The number of rotatable bonds is 4. The highest BCUT2D eigenvalue weighted by Crippen LogP contribution is 2.22. The van der Waals surface area contributed by atoms with E-state index >= 15 is 0 Å². The van der Waals surface area contributed by atoms with Gasteiger partial charge < -0.3 is 10.6 Å². The van der Waals surface area contributed by atoms with Crippen molar-refractivity contribution in [3.63, 3.8) is 0 Å². The van der Waals surface area contributed by atoms with Crippen molar-refractivity contribution >= 4 is 28.6 Å². The van der Waals surface area contributed by atoms with Gasteiger partial charge in [0, 0.05) is 17.9 Å². The number of carbonyl (C=O) groups excluding carboxylic acids is 1. The van der Waals surface area contributed by atoms with Gasteiger partial charge in [0.15, 0.2) is 0 Å². The molecule has 5 heteroatoms. The Balaban J connectivity index is 2.32. The zero-order valence-corrected chi connectivity index (χ0v) is 11.9. The molecule has 0 bridgehead atoms.